The zero-order valence-corrected chi connectivity index (χ0v) is 13.0. The Kier molecular flexibility index (Phi) is 4.48. The summed E-state index contributed by atoms with van der Waals surface area (Å²) in [6, 6.07) is 8.75. The molecule has 3 nitrogen and oxygen atoms in total. The van der Waals surface area contributed by atoms with Gasteiger partial charge >= 0.3 is 0 Å². The molecule has 1 amide bonds. The second kappa shape index (κ2) is 5.96. The van der Waals surface area contributed by atoms with Crippen LogP contribution in [0.5, 0.6) is 0 Å². The van der Waals surface area contributed by atoms with Crippen LogP contribution in [0, 0.1) is 0 Å². The molecule has 2 N–H and O–H groups in total. The largest absolute Gasteiger partial charge is 0.331 e. The van der Waals surface area contributed by atoms with Crippen molar-refractivity contribution >= 4 is 5.91 Å². The summed E-state index contributed by atoms with van der Waals surface area (Å²) in [5.41, 5.74) is 8.70. The summed E-state index contributed by atoms with van der Waals surface area (Å²) >= 11 is 0. The van der Waals surface area contributed by atoms with E-state index in [0.717, 1.165) is 12.0 Å². The number of nitrogens with zero attached hydrogens (tertiary/aromatic N) is 1. The van der Waals surface area contributed by atoms with E-state index in [1.807, 2.05) is 4.90 Å². The summed E-state index contributed by atoms with van der Waals surface area (Å²) in [4.78, 5) is 14.2. The molecule has 3 heteroatoms. The van der Waals surface area contributed by atoms with E-state index in [1.165, 1.54) is 5.56 Å². The van der Waals surface area contributed by atoms with Crippen molar-refractivity contribution in [2.24, 2.45) is 5.73 Å². The SMILES string of the molecule is CCC(C)N1C(=O)CC(N)C1c1ccc(C(C)C)cc1. The molecule has 0 aliphatic carbocycles. The molecule has 1 aliphatic rings. The molecule has 0 radical (unpaired) electrons. The Hall–Kier alpha value is -1.35. The van der Waals surface area contributed by atoms with Crippen molar-refractivity contribution in [2.75, 3.05) is 0 Å². The van der Waals surface area contributed by atoms with Crippen molar-refractivity contribution in [3.63, 3.8) is 0 Å². The van der Waals surface area contributed by atoms with Gasteiger partial charge in [-0.25, -0.2) is 0 Å². The molecule has 3 atom stereocenters. The van der Waals surface area contributed by atoms with E-state index in [-0.39, 0.29) is 24.0 Å². The molecule has 0 aromatic heterocycles. The number of nitrogens with two attached hydrogens (primary N) is 1. The average molecular weight is 274 g/mol. The molecule has 1 heterocycles. The number of hydrogen-bond donors (Lipinski definition) is 1. The molecule has 110 valence electrons. The first-order valence-electron chi connectivity index (χ1n) is 7.62. The minimum Gasteiger partial charge on any atom is -0.331 e. The molecule has 2 rings (SSSR count). The molecule has 1 aliphatic heterocycles. The summed E-state index contributed by atoms with van der Waals surface area (Å²) in [6.45, 7) is 8.59. The second-order valence-electron chi connectivity index (χ2n) is 6.19. The maximum absolute atomic E-state index is 12.2. The van der Waals surface area contributed by atoms with Crippen molar-refractivity contribution in [1.29, 1.82) is 0 Å². The van der Waals surface area contributed by atoms with Gasteiger partial charge in [0.25, 0.3) is 0 Å². The summed E-state index contributed by atoms with van der Waals surface area (Å²) in [5, 5.41) is 0. The lowest BCUT2D eigenvalue weighted by Crippen LogP contribution is -2.38. The third kappa shape index (κ3) is 2.73. The van der Waals surface area contributed by atoms with Gasteiger partial charge in [-0.05, 0) is 30.4 Å². The van der Waals surface area contributed by atoms with Gasteiger partial charge in [0.2, 0.25) is 5.91 Å². The number of benzene rings is 1. The van der Waals surface area contributed by atoms with Crippen LogP contribution < -0.4 is 5.73 Å². The van der Waals surface area contributed by atoms with Gasteiger partial charge in [-0.15, -0.1) is 0 Å². The van der Waals surface area contributed by atoms with Crippen molar-refractivity contribution in [1.82, 2.24) is 4.90 Å². The molecule has 0 bridgehead atoms. The van der Waals surface area contributed by atoms with Crippen molar-refractivity contribution in [3.8, 4) is 0 Å². The Labute approximate surface area is 122 Å². The molecular formula is C17H26N2O. The molecule has 0 saturated carbocycles. The monoisotopic (exact) mass is 274 g/mol. The van der Waals surface area contributed by atoms with Gasteiger partial charge in [0.1, 0.15) is 0 Å². The van der Waals surface area contributed by atoms with E-state index in [9.17, 15) is 4.79 Å². The van der Waals surface area contributed by atoms with Crippen LogP contribution in [0.3, 0.4) is 0 Å². The Morgan fingerprint density at radius 2 is 1.85 bits per heavy atom. The van der Waals surface area contributed by atoms with Crippen molar-refractivity contribution < 1.29 is 4.79 Å². The minimum atomic E-state index is -0.0959. The molecular weight excluding hydrogens is 248 g/mol. The van der Waals surface area contributed by atoms with E-state index in [1.54, 1.807) is 0 Å². The van der Waals surface area contributed by atoms with E-state index in [0.29, 0.717) is 12.3 Å². The van der Waals surface area contributed by atoms with Crippen LogP contribution in [0.25, 0.3) is 0 Å². The van der Waals surface area contributed by atoms with Crippen LogP contribution in [0.4, 0.5) is 0 Å². The highest BCUT2D eigenvalue weighted by molar-refractivity contribution is 5.80. The lowest BCUT2D eigenvalue weighted by atomic mass is 9.95. The van der Waals surface area contributed by atoms with Crippen LogP contribution in [-0.2, 0) is 4.79 Å². The number of likely N-dealkylation sites (tertiary alicyclic amines) is 1. The molecule has 1 fully saturated rings. The van der Waals surface area contributed by atoms with E-state index >= 15 is 0 Å². The maximum atomic E-state index is 12.2. The number of carbonyl (C=O) groups excluding carboxylic acids is 1. The van der Waals surface area contributed by atoms with E-state index in [2.05, 4.69) is 52.0 Å². The third-order valence-corrected chi connectivity index (χ3v) is 4.41. The molecule has 1 aromatic carbocycles. The summed E-state index contributed by atoms with van der Waals surface area (Å²) in [7, 11) is 0. The smallest absolute Gasteiger partial charge is 0.225 e. The average Bonchev–Trinajstić information content (AvgIpc) is 2.72. The highest BCUT2D eigenvalue weighted by Crippen LogP contribution is 2.35. The topological polar surface area (TPSA) is 46.3 Å². The number of hydrogen-bond acceptors (Lipinski definition) is 2. The van der Waals surface area contributed by atoms with Crippen LogP contribution in [-0.4, -0.2) is 22.9 Å². The predicted molar refractivity (Wildman–Crippen MR) is 82.5 cm³/mol. The molecule has 1 saturated heterocycles. The highest BCUT2D eigenvalue weighted by atomic mass is 16.2. The summed E-state index contributed by atoms with van der Waals surface area (Å²) in [6.07, 6.45) is 1.42. The number of amides is 1. The van der Waals surface area contributed by atoms with Gasteiger partial charge in [0.05, 0.1) is 6.04 Å². The lowest BCUT2D eigenvalue weighted by molar-refractivity contribution is -0.131. The fourth-order valence-corrected chi connectivity index (χ4v) is 2.98. The fraction of sp³-hybridized carbons (Fsp3) is 0.588. The van der Waals surface area contributed by atoms with Gasteiger partial charge in [0.15, 0.2) is 0 Å². The second-order valence-corrected chi connectivity index (χ2v) is 6.19. The number of rotatable bonds is 4. The minimum absolute atomic E-state index is 0.0265. The molecule has 3 unspecified atom stereocenters. The molecule has 0 spiro atoms. The normalized spacial score (nSPS) is 24.5. The van der Waals surface area contributed by atoms with Gasteiger partial charge < -0.3 is 10.6 Å². The van der Waals surface area contributed by atoms with Crippen LogP contribution >= 0.6 is 0 Å². The lowest BCUT2D eigenvalue weighted by Gasteiger charge is -2.32. The summed E-state index contributed by atoms with van der Waals surface area (Å²) in [5.74, 6) is 0.707. The zero-order chi connectivity index (χ0) is 14.9. The first-order chi connectivity index (χ1) is 9.45. The molecule has 1 aromatic rings. The first kappa shape index (κ1) is 15.0. The third-order valence-electron chi connectivity index (χ3n) is 4.41. The van der Waals surface area contributed by atoms with Crippen LogP contribution in [0.1, 0.15) is 63.6 Å². The Balaban J connectivity index is 2.30. The highest BCUT2D eigenvalue weighted by Gasteiger charge is 2.40. The van der Waals surface area contributed by atoms with Crippen LogP contribution in [0.15, 0.2) is 24.3 Å². The van der Waals surface area contributed by atoms with Crippen molar-refractivity contribution in [3.05, 3.63) is 35.4 Å². The van der Waals surface area contributed by atoms with Gasteiger partial charge in [-0.3, -0.25) is 4.79 Å². The zero-order valence-electron chi connectivity index (χ0n) is 13.0. The standard InChI is InChI=1S/C17H26N2O/c1-5-12(4)19-16(20)10-15(18)17(19)14-8-6-13(7-9-14)11(2)3/h6-9,11-12,15,17H,5,10,18H2,1-4H3. The Morgan fingerprint density at radius 3 is 2.35 bits per heavy atom. The van der Waals surface area contributed by atoms with Crippen LogP contribution in [0.2, 0.25) is 0 Å². The first-order valence-corrected chi connectivity index (χ1v) is 7.62. The maximum Gasteiger partial charge on any atom is 0.225 e. The van der Waals surface area contributed by atoms with Gasteiger partial charge in [-0.1, -0.05) is 45.0 Å². The quantitative estimate of drug-likeness (QED) is 0.916. The van der Waals surface area contributed by atoms with Gasteiger partial charge in [0, 0.05) is 18.5 Å². The molecule has 20 heavy (non-hydrogen) atoms. The number of carbonyl (C=O) groups is 1. The Bertz CT molecular complexity index is 466. The Morgan fingerprint density at radius 1 is 1.25 bits per heavy atom. The predicted octanol–water partition coefficient (Wildman–Crippen LogP) is 3.21. The van der Waals surface area contributed by atoms with E-state index in [4.69, 9.17) is 5.73 Å². The fourth-order valence-electron chi connectivity index (χ4n) is 2.98. The summed E-state index contributed by atoms with van der Waals surface area (Å²) < 4.78 is 0. The van der Waals surface area contributed by atoms with Crippen molar-refractivity contribution in [2.45, 2.75) is 64.6 Å². The van der Waals surface area contributed by atoms with E-state index < -0.39 is 0 Å². The van der Waals surface area contributed by atoms with Gasteiger partial charge in [-0.2, -0.15) is 0 Å².